The smallest absolute Gasteiger partial charge is 0.350 e. The largest absolute Gasteiger partial charge is 0.458 e. The highest BCUT2D eigenvalue weighted by Gasteiger charge is 2.27. The van der Waals surface area contributed by atoms with E-state index in [9.17, 15) is 14.0 Å². The van der Waals surface area contributed by atoms with Crippen molar-refractivity contribution >= 4 is 44.9 Å². The van der Waals surface area contributed by atoms with E-state index in [2.05, 4.69) is 10.3 Å². The summed E-state index contributed by atoms with van der Waals surface area (Å²) in [7, 11) is 0. The van der Waals surface area contributed by atoms with E-state index in [1.807, 2.05) is 36.4 Å². The van der Waals surface area contributed by atoms with Gasteiger partial charge in [-0.25, -0.2) is 19.0 Å². The lowest BCUT2D eigenvalue weighted by atomic mass is 10.1. The lowest BCUT2D eigenvalue weighted by molar-refractivity contribution is 0.0164. The standard InChI is InChI=1S/C26H23FN4O3S/c27-17-8-6-16(7-9-17)21-11-10-20-22(28)23(35-24(20)30-21)25(32)34-19-12-14-31(15-13-19)26(33)29-18-4-2-1-3-5-18/h1-11,19H,12-15,28H2,(H,29,33). The first-order valence-corrected chi connectivity index (χ1v) is 12.1. The minimum Gasteiger partial charge on any atom is -0.458 e. The number of nitrogens with two attached hydrogens (primary N) is 1. The Morgan fingerprint density at radius 2 is 1.74 bits per heavy atom. The zero-order valence-corrected chi connectivity index (χ0v) is 19.6. The van der Waals surface area contributed by atoms with Crippen molar-refractivity contribution in [2.75, 3.05) is 24.1 Å². The fraction of sp³-hybridized carbons (Fsp3) is 0.192. The average Bonchev–Trinajstić information content (AvgIpc) is 3.21. The van der Waals surface area contributed by atoms with Crippen molar-refractivity contribution in [3.63, 3.8) is 0 Å². The number of aromatic nitrogens is 1. The van der Waals surface area contributed by atoms with E-state index in [4.69, 9.17) is 10.5 Å². The quantitative estimate of drug-likeness (QED) is 0.366. The van der Waals surface area contributed by atoms with E-state index in [0.29, 0.717) is 52.4 Å². The number of amides is 2. The molecule has 0 unspecified atom stereocenters. The van der Waals surface area contributed by atoms with Crippen LogP contribution in [-0.4, -0.2) is 41.1 Å². The summed E-state index contributed by atoms with van der Waals surface area (Å²) in [5.74, 6) is -0.802. The van der Waals surface area contributed by atoms with Gasteiger partial charge in [0.15, 0.2) is 0 Å². The number of urea groups is 1. The van der Waals surface area contributed by atoms with E-state index in [-0.39, 0.29) is 18.0 Å². The molecule has 0 aliphatic carbocycles. The van der Waals surface area contributed by atoms with Crippen molar-refractivity contribution < 1.29 is 18.7 Å². The first-order valence-electron chi connectivity index (χ1n) is 11.2. The summed E-state index contributed by atoms with van der Waals surface area (Å²) >= 11 is 1.18. The van der Waals surface area contributed by atoms with Crippen molar-refractivity contribution in [1.29, 1.82) is 0 Å². The Hall–Kier alpha value is -3.98. The molecular formula is C26H23FN4O3S. The number of rotatable bonds is 4. The molecule has 0 atom stereocenters. The van der Waals surface area contributed by atoms with Gasteiger partial charge in [0.05, 0.1) is 11.4 Å². The topological polar surface area (TPSA) is 97.6 Å². The SMILES string of the molecule is Nc1c(C(=O)OC2CCN(C(=O)Nc3ccccc3)CC2)sc2nc(-c3ccc(F)cc3)ccc12. The number of anilines is 2. The van der Waals surface area contributed by atoms with Crippen LogP contribution in [0.5, 0.6) is 0 Å². The second-order valence-corrected chi connectivity index (χ2v) is 9.29. The number of pyridine rings is 1. The third-order valence-electron chi connectivity index (χ3n) is 5.95. The fourth-order valence-corrected chi connectivity index (χ4v) is 5.01. The number of hydrogen-bond acceptors (Lipinski definition) is 6. The van der Waals surface area contributed by atoms with Crippen LogP contribution in [0.15, 0.2) is 66.7 Å². The molecule has 4 aromatic rings. The Labute approximate surface area is 205 Å². The summed E-state index contributed by atoms with van der Waals surface area (Å²) in [4.78, 5) is 32.6. The Morgan fingerprint density at radius 3 is 2.46 bits per heavy atom. The van der Waals surface area contributed by atoms with Crippen molar-refractivity contribution in [3.8, 4) is 11.3 Å². The molecular weight excluding hydrogens is 467 g/mol. The second-order valence-electron chi connectivity index (χ2n) is 8.29. The van der Waals surface area contributed by atoms with Crippen molar-refractivity contribution in [1.82, 2.24) is 9.88 Å². The highest BCUT2D eigenvalue weighted by molar-refractivity contribution is 7.21. The number of nitrogens with zero attached hydrogens (tertiary/aromatic N) is 2. The predicted octanol–water partition coefficient (Wildman–Crippen LogP) is 5.54. The molecule has 1 saturated heterocycles. The molecule has 3 N–H and O–H groups in total. The summed E-state index contributed by atoms with van der Waals surface area (Å²) in [6.45, 7) is 0.974. The first kappa shape index (κ1) is 22.8. The summed E-state index contributed by atoms with van der Waals surface area (Å²) in [6, 6.07) is 18.8. The maximum absolute atomic E-state index is 13.2. The lowest BCUT2D eigenvalue weighted by Gasteiger charge is -2.31. The van der Waals surface area contributed by atoms with Gasteiger partial charge in [0.25, 0.3) is 0 Å². The molecule has 0 spiro atoms. The zero-order valence-electron chi connectivity index (χ0n) is 18.7. The molecule has 0 saturated carbocycles. The van der Waals surface area contributed by atoms with Crippen LogP contribution in [-0.2, 0) is 4.74 Å². The molecule has 1 fully saturated rings. The molecule has 7 nitrogen and oxygen atoms in total. The molecule has 2 amide bonds. The number of esters is 1. The van der Waals surface area contributed by atoms with Gasteiger partial charge in [-0.15, -0.1) is 11.3 Å². The molecule has 0 radical (unpaired) electrons. The maximum Gasteiger partial charge on any atom is 0.350 e. The average molecular weight is 491 g/mol. The number of nitrogen functional groups attached to an aromatic ring is 1. The fourth-order valence-electron chi connectivity index (χ4n) is 4.04. The number of nitrogens with one attached hydrogen (secondary N) is 1. The van der Waals surface area contributed by atoms with Crippen LogP contribution >= 0.6 is 11.3 Å². The number of hydrogen-bond donors (Lipinski definition) is 2. The van der Waals surface area contributed by atoms with E-state index in [1.54, 1.807) is 23.1 Å². The number of piperidine rings is 1. The van der Waals surface area contributed by atoms with E-state index in [0.717, 1.165) is 11.3 Å². The van der Waals surface area contributed by atoms with Crippen LogP contribution in [0.25, 0.3) is 21.5 Å². The minimum absolute atomic E-state index is 0.169. The number of carbonyl (C=O) groups is 2. The van der Waals surface area contributed by atoms with Crippen molar-refractivity contribution in [2.24, 2.45) is 0 Å². The third kappa shape index (κ3) is 4.95. The summed E-state index contributed by atoms with van der Waals surface area (Å²) < 4.78 is 19.0. The van der Waals surface area contributed by atoms with Crippen molar-refractivity contribution in [3.05, 3.63) is 77.4 Å². The van der Waals surface area contributed by atoms with Crippen LogP contribution in [0, 0.1) is 5.82 Å². The summed E-state index contributed by atoms with van der Waals surface area (Å²) in [5.41, 5.74) is 8.76. The Balaban J connectivity index is 1.22. The third-order valence-corrected chi connectivity index (χ3v) is 7.04. The Bertz CT molecular complexity index is 1370. The zero-order chi connectivity index (χ0) is 24.4. The Morgan fingerprint density at radius 1 is 1.03 bits per heavy atom. The number of fused-ring (bicyclic) bond motifs is 1. The minimum atomic E-state index is -0.485. The van der Waals surface area contributed by atoms with Gasteiger partial charge in [-0.3, -0.25) is 0 Å². The molecule has 178 valence electrons. The summed E-state index contributed by atoms with van der Waals surface area (Å²) in [6.07, 6.45) is 0.799. The number of thiophene rings is 1. The number of para-hydroxylation sites is 1. The van der Waals surface area contributed by atoms with Gasteiger partial charge in [0, 0.05) is 42.6 Å². The number of ether oxygens (including phenoxy) is 1. The van der Waals surface area contributed by atoms with Crippen LogP contribution in [0.1, 0.15) is 22.5 Å². The molecule has 1 aliphatic heterocycles. The molecule has 5 rings (SSSR count). The van der Waals surface area contributed by atoms with Crippen LogP contribution < -0.4 is 11.1 Å². The van der Waals surface area contributed by atoms with Crippen molar-refractivity contribution in [2.45, 2.75) is 18.9 Å². The second kappa shape index (κ2) is 9.71. The van der Waals surface area contributed by atoms with Gasteiger partial charge < -0.3 is 20.7 Å². The number of halogens is 1. The van der Waals surface area contributed by atoms with Gasteiger partial charge >= 0.3 is 12.0 Å². The molecule has 2 aromatic heterocycles. The predicted molar refractivity (Wildman–Crippen MR) is 135 cm³/mol. The van der Waals surface area contributed by atoms with Crippen LogP contribution in [0.2, 0.25) is 0 Å². The number of likely N-dealkylation sites (tertiary alicyclic amines) is 1. The van der Waals surface area contributed by atoms with Gasteiger partial charge in [-0.05, 0) is 48.5 Å². The first-order chi connectivity index (χ1) is 17.0. The highest BCUT2D eigenvalue weighted by Crippen LogP contribution is 2.35. The number of benzene rings is 2. The van der Waals surface area contributed by atoms with Gasteiger partial charge in [-0.1, -0.05) is 18.2 Å². The van der Waals surface area contributed by atoms with E-state index >= 15 is 0 Å². The monoisotopic (exact) mass is 490 g/mol. The van der Waals surface area contributed by atoms with E-state index < -0.39 is 5.97 Å². The number of carbonyl (C=O) groups excluding carboxylic acids is 2. The molecule has 3 heterocycles. The summed E-state index contributed by atoms with van der Waals surface area (Å²) in [5, 5.41) is 3.55. The van der Waals surface area contributed by atoms with Gasteiger partial charge in [0.2, 0.25) is 0 Å². The van der Waals surface area contributed by atoms with Gasteiger partial charge in [0.1, 0.15) is 21.6 Å². The molecule has 35 heavy (non-hydrogen) atoms. The van der Waals surface area contributed by atoms with Crippen LogP contribution in [0.4, 0.5) is 20.6 Å². The lowest BCUT2D eigenvalue weighted by Crippen LogP contribution is -2.43. The van der Waals surface area contributed by atoms with E-state index in [1.165, 1.54) is 23.5 Å². The maximum atomic E-state index is 13.2. The van der Waals surface area contributed by atoms with Gasteiger partial charge in [-0.2, -0.15) is 0 Å². The molecule has 9 heteroatoms. The Kier molecular flexibility index (Phi) is 6.33. The van der Waals surface area contributed by atoms with Crippen LogP contribution in [0.3, 0.4) is 0 Å². The normalized spacial score (nSPS) is 14.1. The molecule has 1 aliphatic rings. The molecule has 2 aromatic carbocycles. The molecule has 0 bridgehead atoms. The highest BCUT2D eigenvalue weighted by atomic mass is 32.1.